The van der Waals surface area contributed by atoms with E-state index in [0.29, 0.717) is 37.4 Å². The number of hydrogen-bond donors (Lipinski definition) is 2. The van der Waals surface area contributed by atoms with Gasteiger partial charge in [-0.3, -0.25) is 0 Å². The quantitative estimate of drug-likeness (QED) is 0.794. The van der Waals surface area contributed by atoms with Crippen LogP contribution < -0.4 is 10.2 Å². The highest BCUT2D eigenvalue weighted by atomic mass is 35.5. The van der Waals surface area contributed by atoms with Gasteiger partial charge < -0.3 is 20.1 Å². The van der Waals surface area contributed by atoms with E-state index in [1.54, 1.807) is 18.7 Å². The van der Waals surface area contributed by atoms with E-state index in [9.17, 15) is 5.11 Å². The monoisotopic (exact) mass is 333 g/mol. The SMILES string of the molecule is CSCC(C)(O)CNc1nc(Cl)nc(N2CCOCC2)n1. The van der Waals surface area contributed by atoms with Crippen LogP contribution >= 0.6 is 23.4 Å². The maximum Gasteiger partial charge on any atom is 0.231 e. The second-order valence-corrected chi connectivity index (χ2v) is 6.32. The Morgan fingerprint density at radius 2 is 2.10 bits per heavy atom. The minimum atomic E-state index is -0.836. The van der Waals surface area contributed by atoms with Crippen LogP contribution in [0.1, 0.15) is 6.92 Å². The third-order valence-corrected chi connectivity index (χ3v) is 4.05. The van der Waals surface area contributed by atoms with E-state index in [-0.39, 0.29) is 5.28 Å². The van der Waals surface area contributed by atoms with Crippen molar-refractivity contribution in [2.75, 3.05) is 55.1 Å². The Bertz CT molecular complexity index is 471. The summed E-state index contributed by atoms with van der Waals surface area (Å²) in [6.45, 7) is 4.86. The van der Waals surface area contributed by atoms with Gasteiger partial charge in [-0.1, -0.05) is 0 Å². The molecule has 1 aromatic heterocycles. The number of halogens is 1. The van der Waals surface area contributed by atoms with Crippen molar-refractivity contribution in [1.29, 1.82) is 0 Å². The van der Waals surface area contributed by atoms with E-state index >= 15 is 0 Å². The van der Waals surface area contributed by atoms with Crippen molar-refractivity contribution in [3.63, 3.8) is 0 Å². The van der Waals surface area contributed by atoms with E-state index in [1.807, 2.05) is 11.2 Å². The van der Waals surface area contributed by atoms with Crippen LogP contribution in [0, 0.1) is 0 Å². The molecule has 0 spiro atoms. The molecule has 1 aromatic rings. The molecule has 1 aliphatic heterocycles. The molecule has 118 valence electrons. The molecule has 1 aliphatic rings. The van der Waals surface area contributed by atoms with Crippen LogP contribution in [0.4, 0.5) is 11.9 Å². The van der Waals surface area contributed by atoms with Gasteiger partial charge in [-0.2, -0.15) is 26.7 Å². The number of hydrogen-bond acceptors (Lipinski definition) is 8. The van der Waals surface area contributed by atoms with E-state index in [2.05, 4.69) is 20.3 Å². The highest BCUT2D eigenvalue weighted by Crippen LogP contribution is 2.16. The summed E-state index contributed by atoms with van der Waals surface area (Å²) in [5, 5.41) is 13.3. The fourth-order valence-electron chi connectivity index (χ4n) is 1.95. The number of rotatable bonds is 6. The maximum atomic E-state index is 10.1. The molecule has 1 unspecified atom stereocenters. The topological polar surface area (TPSA) is 83.4 Å². The van der Waals surface area contributed by atoms with Gasteiger partial charge >= 0.3 is 0 Å². The number of ether oxygens (including phenoxy) is 1. The summed E-state index contributed by atoms with van der Waals surface area (Å²) in [5.41, 5.74) is -0.836. The Hall–Kier alpha value is -0.830. The lowest BCUT2D eigenvalue weighted by Crippen LogP contribution is -2.38. The summed E-state index contributed by atoms with van der Waals surface area (Å²) < 4.78 is 5.30. The first-order valence-corrected chi connectivity index (χ1v) is 8.47. The number of anilines is 2. The van der Waals surface area contributed by atoms with E-state index in [0.717, 1.165) is 13.1 Å². The largest absolute Gasteiger partial charge is 0.387 e. The van der Waals surface area contributed by atoms with Crippen molar-refractivity contribution in [2.45, 2.75) is 12.5 Å². The molecule has 1 saturated heterocycles. The van der Waals surface area contributed by atoms with Gasteiger partial charge in [0, 0.05) is 25.4 Å². The van der Waals surface area contributed by atoms with E-state index in [4.69, 9.17) is 16.3 Å². The first-order chi connectivity index (χ1) is 10.00. The van der Waals surface area contributed by atoms with Gasteiger partial charge in [-0.05, 0) is 24.8 Å². The summed E-state index contributed by atoms with van der Waals surface area (Å²) in [7, 11) is 0. The molecular weight excluding hydrogens is 314 g/mol. The lowest BCUT2D eigenvalue weighted by atomic mass is 10.1. The molecule has 7 nitrogen and oxygen atoms in total. The van der Waals surface area contributed by atoms with E-state index in [1.165, 1.54) is 0 Å². The highest BCUT2D eigenvalue weighted by Gasteiger charge is 2.21. The molecular formula is C12H20ClN5O2S. The number of aliphatic hydroxyl groups is 1. The predicted molar refractivity (Wildman–Crippen MR) is 85.4 cm³/mol. The summed E-state index contributed by atoms with van der Waals surface area (Å²) in [6.07, 6.45) is 1.95. The van der Waals surface area contributed by atoms with Crippen molar-refractivity contribution in [1.82, 2.24) is 15.0 Å². The van der Waals surface area contributed by atoms with Crippen LogP contribution in [-0.2, 0) is 4.74 Å². The molecule has 1 atom stereocenters. The van der Waals surface area contributed by atoms with Crippen LogP contribution in [0.3, 0.4) is 0 Å². The van der Waals surface area contributed by atoms with E-state index < -0.39 is 5.60 Å². The molecule has 21 heavy (non-hydrogen) atoms. The molecule has 0 aromatic carbocycles. The minimum Gasteiger partial charge on any atom is -0.387 e. The average molecular weight is 334 g/mol. The third kappa shape index (κ3) is 5.14. The number of nitrogens with zero attached hydrogens (tertiary/aromatic N) is 4. The van der Waals surface area contributed by atoms with Crippen LogP contribution in [-0.4, -0.2) is 70.5 Å². The summed E-state index contributed by atoms with van der Waals surface area (Å²) >= 11 is 7.54. The van der Waals surface area contributed by atoms with Crippen molar-refractivity contribution in [2.24, 2.45) is 0 Å². The van der Waals surface area contributed by atoms with Crippen LogP contribution in [0.25, 0.3) is 0 Å². The minimum absolute atomic E-state index is 0.138. The van der Waals surface area contributed by atoms with Gasteiger partial charge in [0.2, 0.25) is 17.2 Å². The molecule has 0 amide bonds. The fraction of sp³-hybridized carbons (Fsp3) is 0.750. The van der Waals surface area contributed by atoms with Gasteiger partial charge in [0.25, 0.3) is 0 Å². The Morgan fingerprint density at radius 3 is 2.76 bits per heavy atom. The molecule has 0 bridgehead atoms. The summed E-state index contributed by atoms with van der Waals surface area (Å²) in [6, 6.07) is 0. The van der Waals surface area contributed by atoms with Crippen molar-refractivity contribution in [3.05, 3.63) is 5.28 Å². The molecule has 1 fully saturated rings. The average Bonchev–Trinajstić information content (AvgIpc) is 2.46. The Balaban J connectivity index is 2.04. The van der Waals surface area contributed by atoms with Crippen molar-refractivity contribution in [3.8, 4) is 0 Å². The Morgan fingerprint density at radius 1 is 1.38 bits per heavy atom. The Kier molecular flexibility index (Phi) is 5.86. The maximum absolute atomic E-state index is 10.1. The predicted octanol–water partition coefficient (Wildman–Crippen LogP) is 0.887. The molecule has 9 heteroatoms. The number of aromatic nitrogens is 3. The zero-order valence-electron chi connectivity index (χ0n) is 12.2. The second kappa shape index (κ2) is 7.44. The third-order valence-electron chi connectivity index (χ3n) is 2.97. The zero-order valence-corrected chi connectivity index (χ0v) is 13.7. The van der Waals surface area contributed by atoms with Crippen LogP contribution in [0.2, 0.25) is 5.28 Å². The summed E-state index contributed by atoms with van der Waals surface area (Å²) in [5.74, 6) is 1.53. The molecule has 2 N–H and O–H groups in total. The molecule has 2 rings (SSSR count). The molecule has 2 heterocycles. The highest BCUT2D eigenvalue weighted by molar-refractivity contribution is 7.98. The van der Waals surface area contributed by atoms with Gasteiger partial charge in [0.1, 0.15) is 0 Å². The normalized spacial score (nSPS) is 18.4. The van der Waals surface area contributed by atoms with Gasteiger partial charge in [-0.25, -0.2) is 0 Å². The van der Waals surface area contributed by atoms with Crippen LogP contribution in [0.5, 0.6) is 0 Å². The van der Waals surface area contributed by atoms with Gasteiger partial charge in [-0.15, -0.1) is 0 Å². The fourth-order valence-corrected chi connectivity index (χ4v) is 2.83. The zero-order chi connectivity index (χ0) is 15.3. The molecule has 0 radical (unpaired) electrons. The number of thioether (sulfide) groups is 1. The number of morpholine rings is 1. The lowest BCUT2D eigenvalue weighted by Gasteiger charge is -2.27. The van der Waals surface area contributed by atoms with Crippen molar-refractivity contribution < 1.29 is 9.84 Å². The first kappa shape index (κ1) is 16.5. The van der Waals surface area contributed by atoms with Crippen molar-refractivity contribution >= 4 is 35.3 Å². The lowest BCUT2D eigenvalue weighted by molar-refractivity contribution is 0.0995. The van der Waals surface area contributed by atoms with Gasteiger partial charge in [0.15, 0.2) is 0 Å². The Labute approximate surface area is 133 Å². The van der Waals surface area contributed by atoms with Crippen LogP contribution in [0.15, 0.2) is 0 Å². The standard InChI is InChI=1S/C12H20ClN5O2S/c1-12(19,8-21-2)7-14-10-15-9(13)16-11(17-10)18-3-5-20-6-4-18/h19H,3-8H2,1-2H3,(H,14,15,16,17). The smallest absolute Gasteiger partial charge is 0.231 e. The summed E-state index contributed by atoms with van der Waals surface area (Å²) in [4.78, 5) is 14.6. The first-order valence-electron chi connectivity index (χ1n) is 6.70. The molecule has 0 aliphatic carbocycles. The number of nitrogens with one attached hydrogen (secondary N) is 1. The second-order valence-electron chi connectivity index (χ2n) is 5.11. The van der Waals surface area contributed by atoms with Gasteiger partial charge in [0.05, 0.1) is 18.8 Å². The molecule has 0 saturated carbocycles.